The van der Waals surface area contributed by atoms with Gasteiger partial charge in [-0.25, -0.2) is 0 Å². The zero-order valence-electron chi connectivity index (χ0n) is 45.4. The Kier molecular flexibility index (Phi) is 49.1. The van der Waals surface area contributed by atoms with Crippen molar-refractivity contribution in [2.45, 2.75) is 257 Å². The Labute approximate surface area is 425 Å². The molecule has 0 aliphatic heterocycles. The van der Waals surface area contributed by atoms with Crippen molar-refractivity contribution in [3.05, 3.63) is 60.8 Å². The van der Waals surface area contributed by atoms with Crippen LogP contribution < -0.4 is 5.11 Å². The van der Waals surface area contributed by atoms with Crippen molar-refractivity contribution in [2.24, 2.45) is 0 Å². The van der Waals surface area contributed by atoms with Crippen LogP contribution in [0, 0.1) is 0 Å². The van der Waals surface area contributed by atoms with Crippen LogP contribution in [-0.2, 0) is 33.3 Å². The number of carboxylic acids is 1. The summed E-state index contributed by atoms with van der Waals surface area (Å²) in [6.07, 6.45) is 61.3. The van der Waals surface area contributed by atoms with Gasteiger partial charge >= 0.3 is 11.9 Å². The summed E-state index contributed by atoms with van der Waals surface area (Å²) in [7, 11) is 5.92. The highest BCUT2D eigenvalue weighted by Crippen LogP contribution is 2.16. The number of ether oxygens (including phenoxy) is 4. The molecule has 400 valence electrons. The molecule has 0 saturated heterocycles. The maximum absolute atomic E-state index is 12.8. The SMILES string of the molecule is CC/C=C\C/C=C\C/C=C\C/C=C\C/C=C\CCCCCCCCCCCCCCCCCC(=O)OC(COC(=O)CCCCCCCCCCCCCCC)COC(OCC[N+](C)(C)C)C(=O)[O-]. The largest absolute Gasteiger partial charge is 0.545 e. The van der Waals surface area contributed by atoms with Gasteiger partial charge < -0.3 is 33.3 Å². The van der Waals surface area contributed by atoms with Crippen LogP contribution in [0.4, 0.5) is 0 Å². The molecule has 69 heavy (non-hydrogen) atoms. The second-order valence-electron chi connectivity index (χ2n) is 20.2. The molecular weight excluding hydrogens is 863 g/mol. The minimum atomic E-state index is -1.62. The molecule has 2 unspecified atom stereocenters. The maximum Gasteiger partial charge on any atom is 0.306 e. The van der Waals surface area contributed by atoms with E-state index in [1.807, 2.05) is 21.1 Å². The standard InChI is InChI=1S/C60H107NO8/c1-6-8-10-12-14-16-18-20-21-22-23-24-25-26-27-28-29-30-31-32-33-34-35-36-37-39-41-43-45-47-49-51-58(63)69-56(55-68-60(59(64)65)66-53-52-61(3,4)5)54-67-57(62)50-48-46-44-42-40-38-19-17-15-13-11-9-7-2/h8,10,14,16,20-21,23-24,26-27,56,60H,6-7,9,11-13,15,17-19,22,25,28-55H2,1-5H3/b10-8-,16-14-,21-20-,24-23-,27-26-. The van der Waals surface area contributed by atoms with Crippen LogP contribution in [0.2, 0.25) is 0 Å². The normalized spacial score (nSPS) is 13.2. The number of allylic oxidation sites excluding steroid dienone is 10. The summed E-state index contributed by atoms with van der Waals surface area (Å²) >= 11 is 0. The minimum absolute atomic E-state index is 0.148. The zero-order chi connectivity index (χ0) is 50.6. The van der Waals surface area contributed by atoms with E-state index >= 15 is 0 Å². The predicted molar refractivity (Wildman–Crippen MR) is 288 cm³/mol. The molecule has 0 bridgehead atoms. The lowest BCUT2D eigenvalue weighted by atomic mass is 10.0. The second kappa shape index (κ2) is 51.3. The Morgan fingerprint density at radius 2 is 0.826 bits per heavy atom. The molecule has 0 rings (SSSR count). The Bertz CT molecular complexity index is 1310. The number of quaternary nitrogens is 1. The van der Waals surface area contributed by atoms with E-state index in [2.05, 4.69) is 74.6 Å². The highest BCUT2D eigenvalue weighted by atomic mass is 16.7. The minimum Gasteiger partial charge on any atom is -0.545 e. The van der Waals surface area contributed by atoms with Gasteiger partial charge in [-0.3, -0.25) is 9.59 Å². The number of carboxylic acid groups (broad SMARTS) is 1. The van der Waals surface area contributed by atoms with Crippen LogP contribution in [0.15, 0.2) is 60.8 Å². The van der Waals surface area contributed by atoms with Crippen LogP contribution >= 0.6 is 0 Å². The van der Waals surface area contributed by atoms with Gasteiger partial charge in [-0.15, -0.1) is 0 Å². The Morgan fingerprint density at radius 3 is 1.23 bits per heavy atom. The van der Waals surface area contributed by atoms with E-state index in [1.54, 1.807) is 0 Å². The molecule has 0 amide bonds. The van der Waals surface area contributed by atoms with Crippen molar-refractivity contribution in [2.75, 3.05) is 47.5 Å². The lowest BCUT2D eigenvalue weighted by molar-refractivity contribution is -0.870. The molecular formula is C60H107NO8. The monoisotopic (exact) mass is 970 g/mol. The van der Waals surface area contributed by atoms with Gasteiger partial charge in [0.25, 0.3) is 0 Å². The van der Waals surface area contributed by atoms with Crippen LogP contribution in [0.25, 0.3) is 0 Å². The summed E-state index contributed by atoms with van der Waals surface area (Å²) in [4.78, 5) is 37.2. The molecule has 0 heterocycles. The maximum atomic E-state index is 12.8. The highest BCUT2D eigenvalue weighted by Gasteiger charge is 2.22. The van der Waals surface area contributed by atoms with Gasteiger partial charge in [0.15, 0.2) is 12.4 Å². The number of likely N-dealkylation sites (N-methyl/N-ethyl adjacent to an activating group) is 1. The van der Waals surface area contributed by atoms with Crippen LogP contribution in [0.3, 0.4) is 0 Å². The number of unbranched alkanes of at least 4 members (excludes halogenated alkanes) is 27. The molecule has 0 aromatic rings. The van der Waals surface area contributed by atoms with Crippen molar-refractivity contribution >= 4 is 17.9 Å². The van der Waals surface area contributed by atoms with Crippen LogP contribution in [0.5, 0.6) is 0 Å². The summed E-state index contributed by atoms with van der Waals surface area (Å²) in [6.45, 7) is 4.65. The fourth-order valence-corrected chi connectivity index (χ4v) is 7.92. The highest BCUT2D eigenvalue weighted by molar-refractivity contribution is 5.70. The summed E-state index contributed by atoms with van der Waals surface area (Å²) in [5.41, 5.74) is 0. The number of aliphatic carboxylic acids is 1. The van der Waals surface area contributed by atoms with Gasteiger partial charge in [0.1, 0.15) is 13.2 Å². The zero-order valence-corrected chi connectivity index (χ0v) is 45.4. The molecule has 9 heteroatoms. The number of hydrogen-bond donors (Lipinski definition) is 0. The number of rotatable bonds is 52. The molecule has 9 nitrogen and oxygen atoms in total. The van der Waals surface area contributed by atoms with Gasteiger partial charge in [0, 0.05) is 12.8 Å². The van der Waals surface area contributed by atoms with Crippen molar-refractivity contribution in [3.63, 3.8) is 0 Å². The second-order valence-corrected chi connectivity index (χ2v) is 20.2. The fraction of sp³-hybridized carbons (Fsp3) is 0.783. The van der Waals surface area contributed by atoms with E-state index in [1.165, 1.54) is 148 Å². The Balaban J connectivity index is 4.13. The molecule has 0 N–H and O–H groups in total. The number of carbonyl (C=O) groups is 3. The van der Waals surface area contributed by atoms with Gasteiger partial charge in [-0.1, -0.05) is 235 Å². The summed E-state index contributed by atoms with van der Waals surface area (Å²) in [5.74, 6) is -2.27. The van der Waals surface area contributed by atoms with Crippen molar-refractivity contribution in [3.8, 4) is 0 Å². The molecule has 2 atom stereocenters. The lowest BCUT2D eigenvalue weighted by Gasteiger charge is -2.26. The number of hydrogen-bond acceptors (Lipinski definition) is 8. The quantitative estimate of drug-likeness (QED) is 0.0195. The van der Waals surface area contributed by atoms with Gasteiger partial charge in [-0.2, -0.15) is 0 Å². The van der Waals surface area contributed by atoms with E-state index in [-0.39, 0.29) is 32.2 Å². The molecule has 0 aromatic heterocycles. The van der Waals surface area contributed by atoms with Crippen LogP contribution in [0.1, 0.15) is 245 Å². The average molecular weight is 971 g/mol. The number of nitrogens with zero attached hydrogens (tertiary/aromatic N) is 1. The number of carbonyl (C=O) groups excluding carboxylic acids is 3. The van der Waals surface area contributed by atoms with Crippen molar-refractivity contribution < 1.29 is 42.9 Å². The topological polar surface area (TPSA) is 111 Å². The Morgan fingerprint density at radius 1 is 0.449 bits per heavy atom. The van der Waals surface area contributed by atoms with Crippen LogP contribution in [-0.4, -0.2) is 82.3 Å². The van der Waals surface area contributed by atoms with E-state index < -0.39 is 24.3 Å². The van der Waals surface area contributed by atoms with Crippen molar-refractivity contribution in [1.82, 2.24) is 0 Å². The molecule has 0 spiro atoms. The summed E-state index contributed by atoms with van der Waals surface area (Å²) in [5, 5.41) is 11.7. The lowest BCUT2D eigenvalue weighted by Crippen LogP contribution is -2.44. The van der Waals surface area contributed by atoms with Gasteiger partial charge in [-0.05, 0) is 57.8 Å². The fourth-order valence-electron chi connectivity index (χ4n) is 7.92. The third-order valence-corrected chi connectivity index (χ3v) is 12.3. The molecule has 0 fully saturated rings. The van der Waals surface area contributed by atoms with E-state index in [0.717, 1.165) is 64.2 Å². The number of esters is 2. The van der Waals surface area contributed by atoms with E-state index in [4.69, 9.17) is 18.9 Å². The first-order valence-electron chi connectivity index (χ1n) is 28.4. The predicted octanol–water partition coefficient (Wildman–Crippen LogP) is 15.1. The first-order valence-corrected chi connectivity index (χ1v) is 28.4. The van der Waals surface area contributed by atoms with E-state index in [9.17, 15) is 19.5 Å². The van der Waals surface area contributed by atoms with E-state index in [0.29, 0.717) is 23.9 Å². The molecule has 0 aromatic carbocycles. The average Bonchev–Trinajstić information content (AvgIpc) is 3.31. The first kappa shape index (κ1) is 66.0. The Hall–Kier alpha value is -3.01. The molecule has 0 aliphatic carbocycles. The first-order chi connectivity index (χ1) is 33.6. The molecule has 0 radical (unpaired) electrons. The van der Waals surface area contributed by atoms with Gasteiger partial charge in [0.05, 0.1) is 40.3 Å². The molecule has 0 saturated carbocycles. The summed E-state index contributed by atoms with van der Waals surface area (Å²) in [6, 6.07) is 0. The molecule has 0 aliphatic rings. The third-order valence-electron chi connectivity index (χ3n) is 12.3. The van der Waals surface area contributed by atoms with Crippen molar-refractivity contribution in [1.29, 1.82) is 0 Å². The van der Waals surface area contributed by atoms with Gasteiger partial charge in [0.2, 0.25) is 0 Å². The third kappa shape index (κ3) is 52.6. The smallest absolute Gasteiger partial charge is 0.306 e. The summed E-state index contributed by atoms with van der Waals surface area (Å²) < 4.78 is 22.7.